The van der Waals surface area contributed by atoms with Gasteiger partial charge in [0.1, 0.15) is 0 Å². The molecule has 0 aliphatic carbocycles. The Morgan fingerprint density at radius 3 is 2.50 bits per heavy atom. The fraction of sp³-hybridized carbons (Fsp3) is 1.00. The van der Waals surface area contributed by atoms with Crippen LogP contribution in [0.15, 0.2) is 0 Å². The molecule has 2 saturated heterocycles. The first-order valence-corrected chi connectivity index (χ1v) is 7.02. The van der Waals surface area contributed by atoms with Crippen LogP contribution in [0.4, 0.5) is 0 Å². The number of likely N-dealkylation sites (tertiary alicyclic amines) is 1. The summed E-state index contributed by atoms with van der Waals surface area (Å²) in [6, 6.07) is 1.31. The van der Waals surface area contributed by atoms with Crippen LogP contribution in [0.2, 0.25) is 0 Å². The molecule has 4 heteroatoms. The van der Waals surface area contributed by atoms with Crippen LogP contribution >= 0.6 is 0 Å². The Hall–Kier alpha value is 0.0700. The fourth-order valence-electron chi connectivity index (χ4n) is 2.36. The molecule has 2 aliphatic heterocycles. The van der Waals surface area contributed by atoms with Crippen molar-refractivity contribution < 1.29 is 4.21 Å². The van der Waals surface area contributed by atoms with Crippen LogP contribution in [0.3, 0.4) is 0 Å². The van der Waals surface area contributed by atoms with E-state index >= 15 is 0 Å². The molecule has 14 heavy (non-hydrogen) atoms. The van der Waals surface area contributed by atoms with Crippen molar-refractivity contribution >= 4 is 10.8 Å². The molecule has 82 valence electrons. The van der Waals surface area contributed by atoms with Crippen molar-refractivity contribution in [2.75, 3.05) is 31.6 Å². The number of hydrogen-bond acceptors (Lipinski definition) is 3. The first kappa shape index (κ1) is 10.6. The summed E-state index contributed by atoms with van der Waals surface area (Å²) in [4.78, 5) is 2.37. The van der Waals surface area contributed by atoms with Crippen molar-refractivity contribution in [3.05, 3.63) is 0 Å². The molecule has 1 unspecified atom stereocenters. The minimum atomic E-state index is -0.521. The minimum Gasteiger partial charge on any atom is -0.310 e. The summed E-state index contributed by atoms with van der Waals surface area (Å²) in [5.74, 6) is 1.81. The van der Waals surface area contributed by atoms with Gasteiger partial charge in [-0.2, -0.15) is 0 Å². The topological polar surface area (TPSA) is 32.3 Å². The maximum atomic E-state index is 11.2. The van der Waals surface area contributed by atoms with Crippen molar-refractivity contribution in [2.45, 2.75) is 31.3 Å². The van der Waals surface area contributed by atoms with Crippen molar-refractivity contribution in [3.8, 4) is 0 Å². The highest BCUT2D eigenvalue weighted by Crippen LogP contribution is 2.13. The Morgan fingerprint density at radius 2 is 1.93 bits per heavy atom. The average molecular weight is 216 g/mol. The van der Waals surface area contributed by atoms with Crippen molar-refractivity contribution in [1.29, 1.82) is 0 Å². The second-order valence-electron chi connectivity index (χ2n) is 4.54. The highest BCUT2D eigenvalue weighted by molar-refractivity contribution is 7.85. The number of likely N-dealkylation sites (N-methyl/N-ethyl adjacent to an activating group) is 1. The maximum absolute atomic E-state index is 11.2. The molecule has 0 amide bonds. The molecule has 2 rings (SSSR count). The van der Waals surface area contributed by atoms with Crippen LogP contribution in [-0.4, -0.2) is 52.8 Å². The molecular weight excluding hydrogens is 196 g/mol. The molecule has 0 spiro atoms. The zero-order valence-electron chi connectivity index (χ0n) is 8.87. The summed E-state index contributed by atoms with van der Waals surface area (Å²) in [7, 11) is 1.66. The summed E-state index contributed by atoms with van der Waals surface area (Å²) in [5, 5.41) is 3.69. The Balaban J connectivity index is 1.72. The van der Waals surface area contributed by atoms with Gasteiger partial charge in [-0.25, -0.2) is 0 Å². The Morgan fingerprint density at radius 1 is 1.21 bits per heavy atom. The molecule has 2 aliphatic rings. The fourth-order valence-corrected chi connectivity index (χ4v) is 3.66. The van der Waals surface area contributed by atoms with Gasteiger partial charge in [0.05, 0.1) is 0 Å². The smallest absolute Gasteiger partial charge is 0.0249 e. The summed E-state index contributed by atoms with van der Waals surface area (Å²) in [5.41, 5.74) is 0. The Labute approximate surface area is 88.7 Å². The minimum absolute atomic E-state index is 0.521. The van der Waals surface area contributed by atoms with Gasteiger partial charge in [-0.1, -0.05) is 0 Å². The van der Waals surface area contributed by atoms with Gasteiger partial charge < -0.3 is 10.2 Å². The van der Waals surface area contributed by atoms with Gasteiger partial charge in [-0.3, -0.25) is 4.21 Å². The number of nitrogens with zero attached hydrogens (tertiary/aromatic N) is 1. The van der Waals surface area contributed by atoms with Gasteiger partial charge in [-0.05, 0) is 32.9 Å². The lowest BCUT2D eigenvalue weighted by molar-refractivity contribution is 0.371. The quantitative estimate of drug-likeness (QED) is 0.715. The van der Waals surface area contributed by atoms with Gasteiger partial charge in [-0.15, -0.1) is 0 Å². The first-order chi connectivity index (χ1) is 6.74. The van der Waals surface area contributed by atoms with Crippen LogP contribution < -0.4 is 5.32 Å². The summed E-state index contributed by atoms with van der Waals surface area (Å²) < 4.78 is 11.2. The third kappa shape index (κ3) is 2.78. The van der Waals surface area contributed by atoms with E-state index in [0.29, 0.717) is 12.1 Å². The molecule has 1 N–H and O–H groups in total. The lowest BCUT2D eigenvalue weighted by atomic mass is 10.1. The third-order valence-electron chi connectivity index (χ3n) is 3.25. The number of nitrogens with one attached hydrogen (secondary N) is 1. The lowest BCUT2D eigenvalue weighted by Gasteiger charge is -2.26. The molecular formula is C10H20N2OS. The molecule has 1 atom stereocenters. The summed E-state index contributed by atoms with van der Waals surface area (Å²) >= 11 is 0. The predicted molar refractivity (Wildman–Crippen MR) is 59.9 cm³/mol. The maximum Gasteiger partial charge on any atom is 0.0249 e. The largest absolute Gasteiger partial charge is 0.310 e. The Kier molecular flexibility index (Phi) is 3.57. The van der Waals surface area contributed by atoms with E-state index in [1.165, 1.54) is 19.5 Å². The van der Waals surface area contributed by atoms with E-state index in [1.54, 1.807) is 0 Å². The highest BCUT2D eigenvalue weighted by Gasteiger charge is 2.24. The molecule has 3 nitrogen and oxygen atoms in total. The normalized spacial score (nSPS) is 40.2. The Bertz CT molecular complexity index is 212. The summed E-state index contributed by atoms with van der Waals surface area (Å²) in [6.45, 7) is 2.40. The monoisotopic (exact) mass is 216 g/mol. The highest BCUT2D eigenvalue weighted by atomic mass is 32.2. The molecule has 0 saturated carbocycles. The van der Waals surface area contributed by atoms with Gasteiger partial charge in [0.25, 0.3) is 0 Å². The number of hydrogen-bond donors (Lipinski definition) is 1. The molecule has 2 heterocycles. The molecule has 0 bridgehead atoms. The van der Waals surface area contributed by atoms with Gasteiger partial charge in [0.15, 0.2) is 0 Å². The second-order valence-corrected chi connectivity index (χ2v) is 6.23. The van der Waals surface area contributed by atoms with E-state index in [4.69, 9.17) is 0 Å². The zero-order chi connectivity index (χ0) is 9.97. The van der Waals surface area contributed by atoms with E-state index in [0.717, 1.165) is 24.3 Å². The van der Waals surface area contributed by atoms with Gasteiger partial charge in [0.2, 0.25) is 0 Å². The van der Waals surface area contributed by atoms with Gasteiger partial charge in [0, 0.05) is 40.9 Å². The standard InChI is InChI=1S/C10H20N2OS/c1-12-5-2-10(8-12)11-9-3-6-14(13)7-4-9/h9-11H,2-8H2,1H3. The van der Waals surface area contributed by atoms with Crippen LogP contribution in [0.5, 0.6) is 0 Å². The van der Waals surface area contributed by atoms with Crippen LogP contribution in [-0.2, 0) is 10.8 Å². The SMILES string of the molecule is CN1CCC(NC2CCS(=O)CC2)C1. The van der Waals surface area contributed by atoms with Crippen LogP contribution in [0.25, 0.3) is 0 Å². The molecule has 2 fully saturated rings. The number of rotatable bonds is 2. The first-order valence-electron chi connectivity index (χ1n) is 5.53. The molecule has 0 aromatic carbocycles. The van der Waals surface area contributed by atoms with Crippen LogP contribution in [0, 0.1) is 0 Å². The summed E-state index contributed by atoms with van der Waals surface area (Å²) in [6.07, 6.45) is 3.48. The van der Waals surface area contributed by atoms with E-state index in [2.05, 4.69) is 17.3 Å². The van der Waals surface area contributed by atoms with E-state index in [-0.39, 0.29) is 0 Å². The third-order valence-corrected chi connectivity index (χ3v) is 4.63. The molecule has 0 aromatic rings. The van der Waals surface area contributed by atoms with Gasteiger partial charge >= 0.3 is 0 Å². The lowest BCUT2D eigenvalue weighted by Crippen LogP contribution is -2.43. The van der Waals surface area contributed by atoms with E-state index in [1.807, 2.05) is 0 Å². The zero-order valence-corrected chi connectivity index (χ0v) is 9.68. The average Bonchev–Trinajstić information content (AvgIpc) is 2.56. The van der Waals surface area contributed by atoms with Crippen molar-refractivity contribution in [3.63, 3.8) is 0 Å². The molecule has 0 radical (unpaired) electrons. The predicted octanol–water partition coefficient (Wildman–Crippen LogP) is 0.191. The van der Waals surface area contributed by atoms with E-state index in [9.17, 15) is 4.21 Å². The van der Waals surface area contributed by atoms with Crippen molar-refractivity contribution in [2.24, 2.45) is 0 Å². The van der Waals surface area contributed by atoms with Crippen molar-refractivity contribution in [1.82, 2.24) is 10.2 Å². The van der Waals surface area contributed by atoms with Crippen LogP contribution in [0.1, 0.15) is 19.3 Å². The van der Waals surface area contributed by atoms with E-state index < -0.39 is 10.8 Å². The second kappa shape index (κ2) is 4.73. The molecule has 0 aromatic heterocycles.